The van der Waals surface area contributed by atoms with E-state index in [-0.39, 0.29) is 5.56 Å². The Kier molecular flexibility index (Phi) is 3.82. The van der Waals surface area contributed by atoms with Crippen LogP contribution in [0.15, 0.2) is 41.3 Å². The standard InChI is InChI=1S/C15H20N2O/c1-11(2)14(16-3)10-17-9-8-12-6-4-5-7-13(12)15(17)18/h4-9,11,14,16H,10H2,1-3H3. The summed E-state index contributed by atoms with van der Waals surface area (Å²) in [5.41, 5.74) is 0.0917. The summed E-state index contributed by atoms with van der Waals surface area (Å²) in [4.78, 5) is 12.3. The van der Waals surface area contributed by atoms with E-state index in [9.17, 15) is 4.79 Å². The maximum atomic E-state index is 12.3. The molecule has 1 unspecified atom stereocenters. The van der Waals surface area contributed by atoms with Gasteiger partial charge in [0.1, 0.15) is 0 Å². The van der Waals surface area contributed by atoms with E-state index in [1.165, 1.54) is 0 Å². The molecule has 1 aromatic carbocycles. The van der Waals surface area contributed by atoms with Crippen LogP contribution in [0.4, 0.5) is 0 Å². The Morgan fingerprint density at radius 2 is 1.94 bits per heavy atom. The van der Waals surface area contributed by atoms with Gasteiger partial charge >= 0.3 is 0 Å². The second-order valence-electron chi connectivity index (χ2n) is 5.00. The van der Waals surface area contributed by atoms with Gasteiger partial charge < -0.3 is 9.88 Å². The first kappa shape index (κ1) is 12.8. The summed E-state index contributed by atoms with van der Waals surface area (Å²) in [6.07, 6.45) is 1.89. The summed E-state index contributed by atoms with van der Waals surface area (Å²) in [5.74, 6) is 0.494. The minimum atomic E-state index is 0.0917. The fourth-order valence-corrected chi connectivity index (χ4v) is 2.22. The molecule has 0 fully saturated rings. The predicted octanol–water partition coefficient (Wildman–Crippen LogP) is 2.25. The van der Waals surface area contributed by atoms with Crippen LogP contribution in [0, 0.1) is 5.92 Å². The minimum absolute atomic E-state index is 0.0917. The van der Waals surface area contributed by atoms with Crippen molar-refractivity contribution in [2.45, 2.75) is 26.4 Å². The van der Waals surface area contributed by atoms with Crippen LogP contribution in [0.25, 0.3) is 10.8 Å². The molecule has 96 valence electrons. The van der Waals surface area contributed by atoms with Crippen molar-refractivity contribution in [1.29, 1.82) is 0 Å². The average molecular weight is 244 g/mol. The monoisotopic (exact) mass is 244 g/mol. The lowest BCUT2D eigenvalue weighted by atomic mass is 10.0. The first-order chi connectivity index (χ1) is 8.63. The number of nitrogens with one attached hydrogen (secondary N) is 1. The Labute approximate surface area is 107 Å². The van der Waals surface area contributed by atoms with Gasteiger partial charge in [-0.25, -0.2) is 0 Å². The van der Waals surface area contributed by atoms with E-state index < -0.39 is 0 Å². The molecule has 3 nitrogen and oxygen atoms in total. The molecule has 1 heterocycles. The van der Waals surface area contributed by atoms with Crippen LogP contribution in [0.5, 0.6) is 0 Å². The second-order valence-corrected chi connectivity index (χ2v) is 5.00. The van der Waals surface area contributed by atoms with Crippen molar-refractivity contribution in [3.8, 4) is 0 Å². The Bertz CT molecular complexity index is 586. The normalized spacial score (nSPS) is 13.1. The molecule has 3 heteroatoms. The molecule has 0 radical (unpaired) electrons. The van der Waals surface area contributed by atoms with Crippen LogP contribution in [0.3, 0.4) is 0 Å². The first-order valence-electron chi connectivity index (χ1n) is 6.39. The van der Waals surface area contributed by atoms with Crippen molar-refractivity contribution < 1.29 is 0 Å². The van der Waals surface area contributed by atoms with Crippen LogP contribution >= 0.6 is 0 Å². The number of pyridine rings is 1. The van der Waals surface area contributed by atoms with E-state index in [0.717, 1.165) is 10.8 Å². The molecule has 0 saturated heterocycles. The van der Waals surface area contributed by atoms with E-state index in [4.69, 9.17) is 0 Å². The summed E-state index contributed by atoms with van der Waals surface area (Å²) in [7, 11) is 1.94. The van der Waals surface area contributed by atoms with Crippen LogP contribution in [0.1, 0.15) is 13.8 Å². The summed E-state index contributed by atoms with van der Waals surface area (Å²) in [5, 5.41) is 5.06. The number of fused-ring (bicyclic) bond motifs is 1. The van der Waals surface area contributed by atoms with Gasteiger partial charge in [0.25, 0.3) is 5.56 Å². The highest BCUT2D eigenvalue weighted by molar-refractivity contribution is 5.81. The molecular formula is C15H20N2O. The Morgan fingerprint density at radius 1 is 1.22 bits per heavy atom. The van der Waals surface area contributed by atoms with Gasteiger partial charge in [0, 0.05) is 24.2 Å². The molecule has 18 heavy (non-hydrogen) atoms. The molecule has 0 spiro atoms. The lowest BCUT2D eigenvalue weighted by molar-refractivity contribution is 0.374. The van der Waals surface area contributed by atoms with Crippen molar-refractivity contribution in [1.82, 2.24) is 9.88 Å². The molecule has 0 amide bonds. The second kappa shape index (κ2) is 5.36. The highest BCUT2D eigenvalue weighted by Gasteiger charge is 2.12. The molecule has 0 aliphatic rings. The molecule has 1 aromatic heterocycles. The van der Waals surface area contributed by atoms with Crippen molar-refractivity contribution in [2.24, 2.45) is 5.92 Å². The van der Waals surface area contributed by atoms with Crippen LogP contribution in [0.2, 0.25) is 0 Å². The molecule has 0 bridgehead atoms. The van der Waals surface area contributed by atoms with Gasteiger partial charge in [-0.3, -0.25) is 4.79 Å². The van der Waals surface area contributed by atoms with Gasteiger partial charge in [-0.05, 0) is 30.5 Å². The smallest absolute Gasteiger partial charge is 0.258 e. The highest BCUT2D eigenvalue weighted by atomic mass is 16.1. The maximum Gasteiger partial charge on any atom is 0.258 e. The van der Waals surface area contributed by atoms with Gasteiger partial charge in [-0.15, -0.1) is 0 Å². The predicted molar refractivity (Wildman–Crippen MR) is 75.9 cm³/mol. The zero-order valence-electron chi connectivity index (χ0n) is 11.2. The van der Waals surface area contributed by atoms with Gasteiger partial charge in [-0.1, -0.05) is 32.0 Å². The number of likely N-dealkylation sites (N-methyl/N-ethyl adjacent to an activating group) is 1. The number of hydrogen-bond acceptors (Lipinski definition) is 2. The number of rotatable bonds is 4. The third-order valence-corrected chi connectivity index (χ3v) is 3.46. The number of nitrogens with zero attached hydrogens (tertiary/aromatic N) is 1. The highest BCUT2D eigenvalue weighted by Crippen LogP contribution is 2.09. The van der Waals surface area contributed by atoms with Gasteiger partial charge in [0.15, 0.2) is 0 Å². The van der Waals surface area contributed by atoms with Gasteiger partial charge in [0.05, 0.1) is 0 Å². The average Bonchev–Trinajstić information content (AvgIpc) is 2.38. The van der Waals surface area contributed by atoms with Crippen LogP contribution in [-0.4, -0.2) is 17.7 Å². The molecule has 0 aliphatic carbocycles. The third kappa shape index (κ3) is 2.46. The van der Waals surface area contributed by atoms with E-state index in [2.05, 4.69) is 19.2 Å². The Hall–Kier alpha value is -1.61. The van der Waals surface area contributed by atoms with E-state index in [0.29, 0.717) is 18.5 Å². The summed E-state index contributed by atoms with van der Waals surface area (Å²) in [6, 6.07) is 10.0. The van der Waals surface area contributed by atoms with Crippen molar-refractivity contribution in [3.05, 3.63) is 46.9 Å². The SMILES string of the molecule is CNC(Cn1ccc2ccccc2c1=O)C(C)C. The zero-order valence-corrected chi connectivity index (χ0v) is 11.2. The van der Waals surface area contributed by atoms with E-state index in [1.807, 2.05) is 43.6 Å². The van der Waals surface area contributed by atoms with E-state index >= 15 is 0 Å². The molecule has 0 aliphatic heterocycles. The quantitative estimate of drug-likeness (QED) is 0.895. The Morgan fingerprint density at radius 3 is 2.61 bits per heavy atom. The topological polar surface area (TPSA) is 34.0 Å². The molecule has 0 saturated carbocycles. The van der Waals surface area contributed by atoms with Gasteiger partial charge in [0.2, 0.25) is 0 Å². The van der Waals surface area contributed by atoms with Crippen LogP contribution in [-0.2, 0) is 6.54 Å². The van der Waals surface area contributed by atoms with Crippen molar-refractivity contribution >= 4 is 10.8 Å². The Balaban J connectivity index is 2.40. The summed E-state index contributed by atoms with van der Waals surface area (Å²) < 4.78 is 1.80. The first-order valence-corrected chi connectivity index (χ1v) is 6.39. The molecule has 2 aromatic rings. The number of aromatic nitrogens is 1. The number of hydrogen-bond donors (Lipinski definition) is 1. The summed E-state index contributed by atoms with van der Waals surface area (Å²) in [6.45, 7) is 5.03. The molecule has 2 rings (SSSR count). The van der Waals surface area contributed by atoms with Crippen molar-refractivity contribution in [3.63, 3.8) is 0 Å². The zero-order chi connectivity index (χ0) is 13.1. The maximum absolute atomic E-state index is 12.3. The molecule has 1 N–H and O–H groups in total. The number of benzene rings is 1. The fourth-order valence-electron chi connectivity index (χ4n) is 2.22. The van der Waals surface area contributed by atoms with E-state index in [1.54, 1.807) is 4.57 Å². The minimum Gasteiger partial charge on any atom is -0.315 e. The van der Waals surface area contributed by atoms with Crippen LogP contribution < -0.4 is 10.9 Å². The lowest BCUT2D eigenvalue weighted by Gasteiger charge is -2.21. The molecular weight excluding hydrogens is 224 g/mol. The molecule has 1 atom stereocenters. The van der Waals surface area contributed by atoms with Gasteiger partial charge in [-0.2, -0.15) is 0 Å². The fraction of sp³-hybridized carbons (Fsp3) is 0.400. The van der Waals surface area contributed by atoms with Crippen molar-refractivity contribution in [2.75, 3.05) is 7.05 Å². The lowest BCUT2D eigenvalue weighted by Crippen LogP contribution is -2.38. The summed E-state index contributed by atoms with van der Waals surface area (Å²) >= 11 is 0. The third-order valence-electron chi connectivity index (χ3n) is 3.46. The largest absolute Gasteiger partial charge is 0.315 e.